The Morgan fingerprint density at radius 2 is 1.60 bits per heavy atom. The van der Waals surface area contributed by atoms with Gasteiger partial charge >= 0.3 is 0 Å². The van der Waals surface area contributed by atoms with Crippen molar-refractivity contribution in [2.45, 2.75) is 43.7 Å². The number of hydrogen-bond acceptors (Lipinski definition) is 7. The molecule has 0 spiro atoms. The maximum Gasteiger partial charge on any atom is 0.231 e. The molecule has 1 aliphatic heterocycles. The van der Waals surface area contributed by atoms with Crippen LogP contribution in [0.5, 0.6) is 0 Å². The summed E-state index contributed by atoms with van der Waals surface area (Å²) in [5.74, 6) is 0.551. The SMILES string of the molecule is CC1(C)Cc2c(C#N)c(Nc3ccccc3)n3c(SCC(=O)NC(c4ccccc4)c4ccccc4)nnc3c2CO1. The number of nitrogens with zero attached hydrogens (tertiary/aromatic N) is 4. The monoisotopic (exact) mass is 574 g/mol. The van der Waals surface area contributed by atoms with E-state index in [4.69, 9.17) is 4.74 Å². The Balaban J connectivity index is 1.34. The molecule has 0 saturated heterocycles. The fourth-order valence-corrected chi connectivity index (χ4v) is 6.02. The molecule has 8 nitrogen and oxygen atoms in total. The van der Waals surface area contributed by atoms with Crippen LogP contribution in [0.1, 0.15) is 47.7 Å². The highest BCUT2D eigenvalue weighted by Gasteiger charge is 2.33. The van der Waals surface area contributed by atoms with E-state index in [-0.39, 0.29) is 17.7 Å². The van der Waals surface area contributed by atoms with Gasteiger partial charge in [-0.15, -0.1) is 10.2 Å². The number of rotatable bonds is 8. The van der Waals surface area contributed by atoms with E-state index in [1.807, 2.05) is 109 Å². The molecule has 1 amide bonds. The summed E-state index contributed by atoms with van der Waals surface area (Å²) in [6.45, 7) is 4.37. The zero-order chi connectivity index (χ0) is 29.1. The Morgan fingerprint density at radius 3 is 2.21 bits per heavy atom. The van der Waals surface area contributed by atoms with Gasteiger partial charge in [0.1, 0.15) is 11.9 Å². The lowest BCUT2D eigenvalue weighted by Gasteiger charge is -2.33. The molecule has 0 fully saturated rings. The van der Waals surface area contributed by atoms with Gasteiger partial charge in [-0.2, -0.15) is 5.26 Å². The molecule has 9 heteroatoms. The molecule has 3 aromatic carbocycles. The van der Waals surface area contributed by atoms with E-state index >= 15 is 0 Å². The minimum absolute atomic E-state index is 0.115. The molecule has 210 valence electrons. The Hall–Kier alpha value is -4.65. The molecule has 0 bridgehead atoms. The van der Waals surface area contributed by atoms with Crippen molar-refractivity contribution in [2.24, 2.45) is 0 Å². The van der Waals surface area contributed by atoms with Crippen LogP contribution in [0, 0.1) is 11.3 Å². The van der Waals surface area contributed by atoms with Gasteiger partial charge in [0, 0.05) is 17.7 Å². The van der Waals surface area contributed by atoms with E-state index in [0.29, 0.717) is 35.2 Å². The fraction of sp³-hybridized carbons (Fsp3) is 0.212. The maximum atomic E-state index is 13.4. The topological polar surface area (TPSA) is 104 Å². The number of thioether (sulfide) groups is 1. The van der Waals surface area contributed by atoms with Crippen molar-refractivity contribution < 1.29 is 9.53 Å². The van der Waals surface area contributed by atoms with Crippen molar-refractivity contribution in [3.63, 3.8) is 0 Å². The number of nitrogens with one attached hydrogen (secondary N) is 2. The van der Waals surface area contributed by atoms with Crippen LogP contribution in [0.25, 0.3) is 5.65 Å². The summed E-state index contributed by atoms with van der Waals surface area (Å²) in [5, 5.41) is 26.5. The van der Waals surface area contributed by atoms with Crippen molar-refractivity contribution >= 4 is 34.8 Å². The highest BCUT2D eigenvalue weighted by molar-refractivity contribution is 7.99. The number of carbonyl (C=O) groups excluding carboxylic acids is 1. The van der Waals surface area contributed by atoms with Gasteiger partial charge in [0.05, 0.1) is 29.6 Å². The van der Waals surface area contributed by atoms with Gasteiger partial charge in [0.25, 0.3) is 0 Å². The Kier molecular flexibility index (Phi) is 7.66. The molecular formula is C33H30N6O2S. The quantitative estimate of drug-likeness (QED) is 0.213. The highest BCUT2D eigenvalue weighted by Crippen LogP contribution is 2.38. The first-order chi connectivity index (χ1) is 20.4. The molecule has 0 saturated carbocycles. The molecule has 2 aromatic heterocycles. The molecule has 5 aromatic rings. The Labute approximate surface area is 248 Å². The van der Waals surface area contributed by atoms with Crippen molar-refractivity contribution in [3.8, 4) is 6.07 Å². The largest absolute Gasteiger partial charge is 0.370 e. The predicted molar refractivity (Wildman–Crippen MR) is 164 cm³/mol. The second-order valence-electron chi connectivity index (χ2n) is 10.8. The molecular weight excluding hydrogens is 544 g/mol. The first kappa shape index (κ1) is 27.5. The van der Waals surface area contributed by atoms with Gasteiger partial charge in [-0.05, 0) is 42.7 Å². The van der Waals surface area contributed by atoms with Gasteiger partial charge in [0.2, 0.25) is 5.91 Å². The van der Waals surface area contributed by atoms with Crippen LogP contribution in [-0.4, -0.2) is 31.9 Å². The third-order valence-corrected chi connectivity index (χ3v) is 8.22. The third kappa shape index (κ3) is 5.59. The summed E-state index contributed by atoms with van der Waals surface area (Å²) in [4.78, 5) is 13.4. The molecule has 6 rings (SSSR count). The average Bonchev–Trinajstić information content (AvgIpc) is 3.44. The first-order valence-corrected chi connectivity index (χ1v) is 14.7. The second kappa shape index (κ2) is 11.7. The van der Waals surface area contributed by atoms with Crippen molar-refractivity contribution in [1.82, 2.24) is 19.9 Å². The van der Waals surface area contributed by atoms with Crippen LogP contribution < -0.4 is 10.6 Å². The number of anilines is 2. The first-order valence-electron chi connectivity index (χ1n) is 13.7. The summed E-state index contributed by atoms with van der Waals surface area (Å²) in [6, 6.07) is 31.7. The van der Waals surface area contributed by atoms with Gasteiger partial charge in [-0.25, -0.2) is 0 Å². The summed E-state index contributed by atoms with van der Waals surface area (Å²) in [5.41, 5.74) is 5.32. The number of nitriles is 1. The smallest absolute Gasteiger partial charge is 0.231 e. The van der Waals surface area contributed by atoms with Crippen LogP contribution in [0.15, 0.2) is 96.2 Å². The number of para-hydroxylation sites is 1. The molecule has 2 N–H and O–H groups in total. The van der Waals surface area contributed by atoms with Gasteiger partial charge in [-0.1, -0.05) is 90.6 Å². The van der Waals surface area contributed by atoms with Crippen LogP contribution in [0.4, 0.5) is 11.5 Å². The normalized spacial score (nSPS) is 13.9. The number of pyridine rings is 1. The lowest BCUT2D eigenvalue weighted by Crippen LogP contribution is -2.33. The van der Waals surface area contributed by atoms with Crippen LogP contribution in [0.2, 0.25) is 0 Å². The van der Waals surface area contributed by atoms with Crippen LogP contribution in [-0.2, 0) is 22.6 Å². The van der Waals surface area contributed by atoms with Crippen molar-refractivity contribution in [3.05, 3.63) is 119 Å². The Morgan fingerprint density at radius 1 is 0.976 bits per heavy atom. The zero-order valence-corrected chi connectivity index (χ0v) is 24.2. The molecule has 0 radical (unpaired) electrons. The summed E-state index contributed by atoms with van der Waals surface area (Å²) in [7, 11) is 0. The minimum atomic E-state index is -0.412. The minimum Gasteiger partial charge on any atom is -0.370 e. The number of hydrogen-bond donors (Lipinski definition) is 2. The van der Waals surface area contributed by atoms with Crippen LogP contribution >= 0.6 is 11.8 Å². The standard InChI is InChI=1S/C33H30N6O2S/c1-33(2)18-25-26(19-34)30(35-24-16-10-5-11-17-24)39-31(27(25)20-41-33)37-38-32(39)42-21-28(40)36-29(22-12-6-3-7-13-22)23-14-8-4-9-15-23/h3-17,29,35H,18,20-21H2,1-2H3,(H,36,40). The van der Waals surface area contributed by atoms with E-state index in [2.05, 4.69) is 26.9 Å². The number of ether oxygens (including phenoxy) is 1. The summed E-state index contributed by atoms with van der Waals surface area (Å²) in [6.07, 6.45) is 0.573. The van der Waals surface area contributed by atoms with E-state index < -0.39 is 5.60 Å². The maximum absolute atomic E-state index is 13.4. The Bertz CT molecular complexity index is 1730. The highest BCUT2D eigenvalue weighted by atomic mass is 32.2. The van der Waals surface area contributed by atoms with Crippen LogP contribution in [0.3, 0.4) is 0 Å². The molecule has 42 heavy (non-hydrogen) atoms. The van der Waals surface area contributed by atoms with Gasteiger partial charge in [-0.3, -0.25) is 9.20 Å². The van der Waals surface area contributed by atoms with Crippen molar-refractivity contribution in [2.75, 3.05) is 11.1 Å². The fourth-order valence-electron chi connectivity index (χ4n) is 5.27. The lowest BCUT2D eigenvalue weighted by molar-refractivity contribution is -0.119. The zero-order valence-electron chi connectivity index (χ0n) is 23.4. The van der Waals surface area contributed by atoms with Crippen molar-refractivity contribution in [1.29, 1.82) is 5.26 Å². The number of carbonyl (C=O) groups is 1. The lowest BCUT2D eigenvalue weighted by atomic mass is 9.89. The molecule has 0 unspecified atom stereocenters. The van der Waals surface area contributed by atoms with E-state index in [9.17, 15) is 10.1 Å². The predicted octanol–water partition coefficient (Wildman–Crippen LogP) is 6.19. The number of benzene rings is 3. The molecule has 0 atom stereocenters. The number of aromatic nitrogens is 3. The molecule has 1 aliphatic rings. The number of amides is 1. The third-order valence-electron chi connectivity index (χ3n) is 7.29. The number of fused-ring (bicyclic) bond motifs is 3. The summed E-state index contributed by atoms with van der Waals surface area (Å²) >= 11 is 1.28. The van der Waals surface area contributed by atoms with E-state index in [0.717, 1.165) is 27.9 Å². The van der Waals surface area contributed by atoms with E-state index in [1.165, 1.54) is 11.8 Å². The second-order valence-corrected chi connectivity index (χ2v) is 11.7. The molecule has 3 heterocycles. The average molecular weight is 575 g/mol. The van der Waals surface area contributed by atoms with Gasteiger partial charge in [0.15, 0.2) is 10.8 Å². The van der Waals surface area contributed by atoms with Gasteiger partial charge < -0.3 is 15.4 Å². The summed E-state index contributed by atoms with van der Waals surface area (Å²) < 4.78 is 7.95. The molecule has 0 aliphatic carbocycles. The van der Waals surface area contributed by atoms with E-state index in [1.54, 1.807) is 0 Å².